The zero-order valence-corrected chi connectivity index (χ0v) is 17.4. The molecule has 1 aliphatic heterocycles. The number of halogens is 3. The number of nitrogens with zero attached hydrogens (tertiary/aromatic N) is 4. The van der Waals surface area contributed by atoms with Gasteiger partial charge in [-0.3, -0.25) is 0 Å². The topological polar surface area (TPSA) is 75.6 Å². The van der Waals surface area contributed by atoms with Gasteiger partial charge in [0.15, 0.2) is 5.82 Å². The summed E-state index contributed by atoms with van der Waals surface area (Å²) in [6.45, 7) is 0.494. The number of piperidine rings is 1. The Hall–Kier alpha value is -2.40. The molecule has 2 aromatic rings. The number of benzene rings is 1. The lowest BCUT2D eigenvalue weighted by Gasteiger charge is -2.31. The maximum absolute atomic E-state index is 12.8. The molecule has 0 saturated carbocycles. The highest BCUT2D eigenvalue weighted by molar-refractivity contribution is 7.88. The van der Waals surface area contributed by atoms with Gasteiger partial charge in [-0.15, -0.1) is 10.2 Å². The number of aromatic nitrogens is 2. The maximum atomic E-state index is 12.8. The van der Waals surface area contributed by atoms with Gasteiger partial charge in [0.2, 0.25) is 15.9 Å². The number of hydrogen-bond donors (Lipinski definition) is 0. The van der Waals surface area contributed by atoms with E-state index in [0.29, 0.717) is 36.6 Å². The van der Waals surface area contributed by atoms with Crippen molar-refractivity contribution in [3.05, 3.63) is 47.5 Å². The van der Waals surface area contributed by atoms with E-state index in [4.69, 9.17) is 4.74 Å². The Morgan fingerprint density at radius 2 is 1.83 bits per heavy atom. The van der Waals surface area contributed by atoms with Crippen LogP contribution in [0.25, 0.3) is 0 Å². The summed E-state index contributed by atoms with van der Waals surface area (Å²) in [6, 6.07) is 7.61. The molecule has 3 rings (SSSR count). The van der Waals surface area contributed by atoms with Crippen LogP contribution in [0.5, 0.6) is 5.88 Å². The first-order chi connectivity index (χ1) is 14.0. The third kappa shape index (κ3) is 5.60. The predicted octanol–water partition coefficient (Wildman–Crippen LogP) is 2.93. The monoisotopic (exact) mass is 444 g/mol. The van der Waals surface area contributed by atoms with Crippen molar-refractivity contribution in [2.24, 2.45) is 0 Å². The van der Waals surface area contributed by atoms with Crippen LogP contribution in [0.15, 0.2) is 36.4 Å². The van der Waals surface area contributed by atoms with Crippen LogP contribution < -0.4 is 9.64 Å². The molecule has 1 aromatic heterocycles. The Morgan fingerprint density at radius 3 is 2.40 bits per heavy atom. The van der Waals surface area contributed by atoms with Gasteiger partial charge in [0.05, 0.1) is 17.9 Å². The van der Waals surface area contributed by atoms with E-state index in [2.05, 4.69) is 10.2 Å². The molecule has 1 aromatic carbocycles. The Morgan fingerprint density at radius 1 is 1.13 bits per heavy atom. The van der Waals surface area contributed by atoms with Gasteiger partial charge in [0, 0.05) is 26.7 Å². The summed E-state index contributed by atoms with van der Waals surface area (Å²) in [5.74, 6) is 0.620. The second-order valence-electron chi connectivity index (χ2n) is 7.32. The normalized spacial score (nSPS) is 18.2. The van der Waals surface area contributed by atoms with Gasteiger partial charge in [-0.25, -0.2) is 8.42 Å². The van der Waals surface area contributed by atoms with Crippen molar-refractivity contribution in [1.29, 1.82) is 0 Å². The Bertz CT molecular complexity index is 948. The summed E-state index contributed by atoms with van der Waals surface area (Å²) < 4.78 is 70.7. The number of hydrogen-bond acceptors (Lipinski definition) is 6. The lowest BCUT2D eigenvalue weighted by molar-refractivity contribution is -0.137. The highest BCUT2D eigenvalue weighted by Crippen LogP contribution is 2.29. The number of ether oxygens (including phenoxy) is 1. The fourth-order valence-corrected chi connectivity index (χ4v) is 4.73. The molecule has 2 heterocycles. The lowest BCUT2D eigenvalue weighted by Crippen LogP contribution is -2.44. The third-order valence-corrected chi connectivity index (χ3v) is 6.55. The molecule has 30 heavy (non-hydrogen) atoms. The molecular formula is C19H23F3N4O3S. The second-order valence-corrected chi connectivity index (χ2v) is 9.28. The summed E-state index contributed by atoms with van der Waals surface area (Å²) in [5, 5.41) is 8.03. The van der Waals surface area contributed by atoms with Crippen molar-refractivity contribution in [3.8, 4) is 5.88 Å². The smallest absolute Gasteiger partial charge is 0.416 e. The Labute approximate surface area is 173 Å². The van der Waals surface area contributed by atoms with Crippen LogP contribution in [0, 0.1) is 0 Å². The van der Waals surface area contributed by atoms with Gasteiger partial charge in [0.25, 0.3) is 0 Å². The third-order valence-electron chi connectivity index (χ3n) is 4.74. The molecule has 0 aliphatic carbocycles. The Balaban J connectivity index is 1.63. The van der Waals surface area contributed by atoms with E-state index < -0.39 is 21.8 Å². The van der Waals surface area contributed by atoms with Crippen molar-refractivity contribution < 1.29 is 26.3 Å². The highest BCUT2D eigenvalue weighted by atomic mass is 32.2. The van der Waals surface area contributed by atoms with Crippen molar-refractivity contribution in [1.82, 2.24) is 14.5 Å². The molecule has 0 radical (unpaired) electrons. The SMILES string of the molecule is CN(C)c1ccc(OC2CCCN(S(=O)(=O)Cc3ccc(C(F)(F)F)cc3)C2)nn1. The zero-order valence-electron chi connectivity index (χ0n) is 16.6. The first-order valence-electron chi connectivity index (χ1n) is 9.36. The summed E-state index contributed by atoms with van der Waals surface area (Å²) in [6.07, 6.45) is -3.55. The van der Waals surface area contributed by atoms with Crippen LogP contribution in [0.3, 0.4) is 0 Å². The van der Waals surface area contributed by atoms with Crippen LogP contribution in [-0.4, -0.2) is 56.2 Å². The minimum Gasteiger partial charge on any atom is -0.472 e. The maximum Gasteiger partial charge on any atom is 0.416 e. The quantitative estimate of drug-likeness (QED) is 0.682. The van der Waals surface area contributed by atoms with Gasteiger partial charge >= 0.3 is 6.18 Å². The molecule has 164 valence electrons. The van der Waals surface area contributed by atoms with Gasteiger partial charge in [-0.1, -0.05) is 12.1 Å². The summed E-state index contributed by atoms with van der Waals surface area (Å²) in [4.78, 5) is 1.80. The summed E-state index contributed by atoms with van der Waals surface area (Å²) in [5.41, 5.74) is -0.507. The van der Waals surface area contributed by atoms with E-state index in [9.17, 15) is 21.6 Å². The first-order valence-corrected chi connectivity index (χ1v) is 11.0. The molecule has 0 amide bonds. The minimum absolute atomic E-state index is 0.153. The van der Waals surface area contributed by atoms with Gasteiger partial charge < -0.3 is 9.64 Å². The molecule has 11 heteroatoms. The standard InChI is InChI=1S/C19H23F3N4O3S/c1-25(2)17-9-10-18(24-23-17)29-16-4-3-11-26(12-16)30(27,28)13-14-5-7-15(8-6-14)19(20,21)22/h5-10,16H,3-4,11-13H2,1-2H3. The summed E-state index contributed by atoms with van der Waals surface area (Å²) in [7, 11) is -0.0217. The summed E-state index contributed by atoms with van der Waals surface area (Å²) >= 11 is 0. The van der Waals surface area contributed by atoms with Crippen LogP contribution in [-0.2, 0) is 22.0 Å². The molecule has 7 nitrogen and oxygen atoms in total. The molecule has 0 spiro atoms. The molecule has 1 aliphatic rings. The van der Waals surface area contributed by atoms with Crippen molar-refractivity contribution in [2.45, 2.75) is 30.9 Å². The second kappa shape index (κ2) is 8.76. The molecule has 1 atom stereocenters. The van der Waals surface area contributed by atoms with E-state index in [1.807, 2.05) is 14.1 Å². The van der Waals surface area contributed by atoms with Crippen molar-refractivity contribution in [2.75, 3.05) is 32.1 Å². The number of anilines is 1. The molecule has 1 fully saturated rings. The highest BCUT2D eigenvalue weighted by Gasteiger charge is 2.32. The first kappa shape index (κ1) is 22.3. The minimum atomic E-state index is -4.46. The fraction of sp³-hybridized carbons (Fsp3) is 0.474. The lowest BCUT2D eigenvalue weighted by atomic mass is 10.1. The number of alkyl halides is 3. The molecule has 0 N–H and O–H groups in total. The zero-order chi connectivity index (χ0) is 21.9. The van der Waals surface area contributed by atoms with E-state index in [1.54, 1.807) is 17.0 Å². The molecule has 1 saturated heterocycles. The van der Waals surface area contributed by atoms with Crippen LogP contribution in [0.4, 0.5) is 19.0 Å². The Kier molecular flexibility index (Phi) is 6.51. The largest absolute Gasteiger partial charge is 0.472 e. The molecule has 0 bridgehead atoms. The van der Waals surface area contributed by atoms with E-state index in [1.165, 1.54) is 16.4 Å². The average Bonchev–Trinajstić information content (AvgIpc) is 2.68. The molecular weight excluding hydrogens is 421 g/mol. The van der Waals surface area contributed by atoms with E-state index in [0.717, 1.165) is 12.1 Å². The van der Waals surface area contributed by atoms with E-state index in [-0.39, 0.29) is 18.4 Å². The van der Waals surface area contributed by atoms with Crippen LogP contribution in [0.2, 0.25) is 0 Å². The molecule has 1 unspecified atom stereocenters. The van der Waals surface area contributed by atoms with Crippen LogP contribution >= 0.6 is 0 Å². The number of sulfonamides is 1. The fourth-order valence-electron chi connectivity index (χ4n) is 3.13. The number of rotatable bonds is 6. The van der Waals surface area contributed by atoms with E-state index >= 15 is 0 Å². The van der Waals surface area contributed by atoms with Gasteiger partial charge in [0.1, 0.15) is 6.10 Å². The van der Waals surface area contributed by atoms with Crippen molar-refractivity contribution in [3.63, 3.8) is 0 Å². The predicted molar refractivity (Wildman–Crippen MR) is 106 cm³/mol. The van der Waals surface area contributed by atoms with Gasteiger partial charge in [-0.2, -0.15) is 17.5 Å². The van der Waals surface area contributed by atoms with Crippen LogP contribution in [0.1, 0.15) is 24.0 Å². The average molecular weight is 444 g/mol. The van der Waals surface area contributed by atoms with Gasteiger partial charge in [-0.05, 0) is 36.6 Å². The van der Waals surface area contributed by atoms with Crippen molar-refractivity contribution >= 4 is 15.8 Å².